The zero-order valence-electron chi connectivity index (χ0n) is 15.1. The van der Waals surface area contributed by atoms with Crippen molar-refractivity contribution in [3.63, 3.8) is 0 Å². The van der Waals surface area contributed by atoms with Gasteiger partial charge in [-0.25, -0.2) is 8.42 Å². The quantitative estimate of drug-likeness (QED) is 0.777. The molecule has 2 rings (SSSR count). The summed E-state index contributed by atoms with van der Waals surface area (Å²) in [6.07, 6.45) is 1.69. The number of nitrogens with one attached hydrogen (secondary N) is 2. The van der Waals surface area contributed by atoms with Crippen LogP contribution in [0.4, 0.5) is 0 Å². The molecule has 25 heavy (non-hydrogen) atoms. The van der Waals surface area contributed by atoms with Crippen molar-refractivity contribution in [3.8, 4) is 11.5 Å². The van der Waals surface area contributed by atoms with Crippen LogP contribution in [-0.4, -0.2) is 52.6 Å². The van der Waals surface area contributed by atoms with Crippen molar-refractivity contribution in [2.24, 2.45) is 0 Å². The summed E-state index contributed by atoms with van der Waals surface area (Å²) in [6, 6.07) is 5.00. The molecule has 1 amide bonds. The lowest BCUT2D eigenvalue weighted by molar-refractivity contribution is -0.125. The minimum absolute atomic E-state index is 0.274. The van der Waals surface area contributed by atoms with Gasteiger partial charge in [0.15, 0.2) is 26.1 Å². The molecular weight excluding hydrogens is 344 g/mol. The first kappa shape index (κ1) is 19.5. The summed E-state index contributed by atoms with van der Waals surface area (Å²) in [7, 11) is -0.443. The van der Waals surface area contributed by atoms with Crippen LogP contribution in [0.5, 0.6) is 11.5 Å². The van der Waals surface area contributed by atoms with Crippen LogP contribution in [0.15, 0.2) is 18.2 Å². The van der Waals surface area contributed by atoms with Gasteiger partial charge >= 0.3 is 0 Å². The Morgan fingerprint density at radius 3 is 2.32 bits per heavy atom. The molecule has 1 aromatic carbocycles. The molecule has 7 nitrogen and oxygen atoms in total. The number of ether oxygens (including phenoxy) is 2. The smallest absolute Gasteiger partial charge is 0.242 e. The number of benzene rings is 1. The fraction of sp³-hybridized carbons (Fsp3) is 0.588. The average molecular weight is 370 g/mol. The van der Waals surface area contributed by atoms with Gasteiger partial charge in [-0.05, 0) is 50.6 Å². The number of rotatable bonds is 6. The van der Waals surface area contributed by atoms with Crippen molar-refractivity contribution >= 4 is 15.7 Å². The van der Waals surface area contributed by atoms with E-state index in [1.165, 1.54) is 0 Å². The molecule has 1 fully saturated rings. The molecule has 1 aliphatic rings. The molecule has 1 saturated heterocycles. The number of amides is 1. The predicted octanol–water partition coefficient (Wildman–Crippen LogP) is 1.05. The van der Waals surface area contributed by atoms with Crippen molar-refractivity contribution in [2.75, 3.05) is 33.6 Å². The highest BCUT2D eigenvalue weighted by molar-refractivity contribution is 7.92. The largest absolute Gasteiger partial charge is 0.493 e. The zero-order chi connectivity index (χ0) is 18.7. The fourth-order valence-electron chi connectivity index (χ4n) is 3.13. The predicted molar refractivity (Wildman–Crippen MR) is 95.8 cm³/mol. The SMILES string of the molecule is COc1ccc(C(C)NC(=O)C2(S(C)(=O)=O)CCNCC2)cc1OC. The van der Waals surface area contributed by atoms with E-state index in [1.807, 2.05) is 13.0 Å². The lowest BCUT2D eigenvalue weighted by Gasteiger charge is -2.35. The molecule has 1 heterocycles. The van der Waals surface area contributed by atoms with E-state index in [9.17, 15) is 13.2 Å². The summed E-state index contributed by atoms with van der Waals surface area (Å²) in [4.78, 5) is 12.9. The third kappa shape index (κ3) is 3.90. The molecule has 1 unspecified atom stereocenters. The van der Waals surface area contributed by atoms with Crippen LogP contribution < -0.4 is 20.1 Å². The Hall–Kier alpha value is -1.80. The highest BCUT2D eigenvalue weighted by Crippen LogP contribution is 2.32. The van der Waals surface area contributed by atoms with Crippen LogP contribution in [0.2, 0.25) is 0 Å². The summed E-state index contributed by atoms with van der Waals surface area (Å²) in [5, 5.41) is 5.96. The van der Waals surface area contributed by atoms with E-state index in [2.05, 4.69) is 10.6 Å². The second-order valence-electron chi connectivity index (χ2n) is 6.33. The van der Waals surface area contributed by atoms with E-state index in [0.29, 0.717) is 24.6 Å². The van der Waals surface area contributed by atoms with Crippen LogP contribution in [0, 0.1) is 0 Å². The van der Waals surface area contributed by atoms with Gasteiger partial charge in [-0.3, -0.25) is 4.79 Å². The Morgan fingerprint density at radius 2 is 1.80 bits per heavy atom. The van der Waals surface area contributed by atoms with Crippen LogP contribution >= 0.6 is 0 Å². The average Bonchev–Trinajstić information content (AvgIpc) is 2.60. The lowest BCUT2D eigenvalue weighted by Crippen LogP contribution is -2.57. The van der Waals surface area contributed by atoms with E-state index in [0.717, 1.165) is 11.8 Å². The highest BCUT2D eigenvalue weighted by Gasteiger charge is 2.48. The maximum absolute atomic E-state index is 12.9. The Morgan fingerprint density at radius 1 is 1.20 bits per heavy atom. The summed E-state index contributed by atoms with van der Waals surface area (Å²) in [6.45, 7) is 2.83. The first-order valence-electron chi connectivity index (χ1n) is 8.18. The molecule has 0 bridgehead atoms. The Bertz CT molecular complexity index is 727. The summed E-state index contributed by atoms with van der Waals surface area (Å²) in [5.41, 5.74) is 0.809. The van der Waals surface area contributed by atoms with Gasteiger partial charge < -0.3 is 20.1 Å². The zero-order valence-corrected chi connectivity index (χ0v) is 15.9. The van der Waals surface area contributed by atoms with E-state index < -0.39 is 20.5 Å². The lowest BCUT2D eigenvalue weighted by atomic mass is 9.95. The minimum atomic E-state index is -3.53. The van der Waals surface area contributed by atoms with Gasteiger partial charge in [-0.15, -0.1) is 0 Å². The molecule has 1 aliphatic heterocycles. The fourth-order valence-corrected chi connectivity index (χ4v) is 4.47. The van der Waals surface area contributed by atoms with E-state index in [-0.39, 0.29) is 18.9 Å². The topological polar surface area (TPSA) is 93.7 Å². The van der Waals surface area contributed by atoms with Crippen molar-refractivity contribution < 1.29 is 22.7 Å². The Kier molecular flexibility index (Phi) is 5.95. The number of sulfone groups is 1. The first-order valence-corrected chi connectivity index (χ1v) is 10.1. The molecule has 8 heteroatoms. The summed E-state index contributed by atoms with van der Waals surface area (Å²) < 4.78 is 33.8. The molecule has 140 valence electrons. The van der Waals surface area contributed by atoms with Crippen molar-refractivity contribution in [1.29, 1.82) is 0 Å². The second-order valence-corrected chi connectivity index (χ2v) is 8.65. The monoisotopic (exact) mass is 370 g/mol. The second kappa shape index (κ2) is 7.61. The van der Waals surface area contributed by atoms with Crippen molar-refractivity contribution in [2.45, 2.75) is 30.6 Å². The maximum Gasteiger partial charge on any atom is 0.242 e. The van der Waals surface area contributed by atoms with Gasteiger partial charge in [0.2, 0.25) is 5.91 Å². The van der Waals surface area contributed by atoms with E-state index in [1.54, 1.807) is 26.4 Å². The Labute approximate surface area is 149 Å². The number of carbonyl (C=O) groups excluding carboxylic acids is 1. The summed E-state index contributed by atoms with van der Waals surface area (Å²) >= 11 is 0. The van der Waals surface area contributed by atoms with Gasteiger partial charge in [-0.1, -0.05) is 6.07 Å². The number of piperidine rings is 1. The number of carbonyl (C=O) groups is 1. The number of hydrogen-bond donors (Lipinski definition) is 2. The van der Waals surface area contributed by atoms with Gasteiger partial charge in [0, 0.05) is 6.26 Å². The normalized spacial score (nSPS) is 18.2. The van der Waals surface area contributed by atoms with Crippen LogP contribution in [0.25, 0.3) is 0 Å². The van der Waals surface area contributed by atoms with Gasteiger partial charge in [0.1, 0.15) is 0 Å². The van der Waals surface area contributed by atoms with Crippen molar-refractivity contribution in [3.05, 3.63) is 23.8 Å². The van der Waals surface area contributed by atoms with E-state index in [4.69, 9.17) is 9.47 Å². The molecule has 2 N–H and O–H groups in total. The van der Waals surface area contributed by atoms with Crippen LogP contribution in [0.1, 0.15) is 31.4 Å². The van der Waals surface area contributed by atoms with Crippen LogP contribution in [0.3, 0.4) is 0 Å². The third-order valence-electron chi connectivity index (χ3n) is 4.79. The van der Waals surface area contributed by atoms with Gasteiger partial charge in [0.25, 0.3) is 0 Å². The number of hydrogen-bond acceptors (Lipinski definition) is 6. The molecule has 1 atom stereocenters. The standard InChI is InChI=1S/C17H26N2O5S/c1-12(13-5-6-14(23-2)15(11-13)24-3)19-16(20)17(25(4,21)22)7-9-18-10-8-17/h5-6,11-12,18H,7-10H2,1-4H3,(H,19,20). The molecule has 1 aromatic rings. The molecule has 0 radical (unpaired) electrons. The van der Waals surface area contributed by atoms with Crippen molar-refractivity contribution in [1.82, 2.24) is 10.6 Å². The number of methoxy groups -OCH3 is 2. The molecule has 0 aliphatic carbocycles. The highest BCUT2D eigenvalue weighted by atomic mass is 32.2. The van der Waals surface area contributed by atoms with Crippen LogP contribution in [-0.2, 0) is 14.6 Å². The first-order chi connectivity index (χ1) is 11.7. The molecular formula is C17H26N2O5S. The maximum atomic E-state index is 12.9. The van der Waals surface area contributed by atoms with Gasteiger partial charge in [-0.2, -0.15) is 0 Å². The summed E-state index contributed by atoms with van der Waals surface area (Å²) in [5.74, 6) is 0.704. The third-order valence-corrected chi connectivity index (χ3v) is 6.80. The molecule has 0 saturated carbocycles. The molecule has 0 spiro atoms. The minimum Gasteiger partial charge on any atom is -0.493 e. The Balaban J connectivity index is 2.24. The molecule has 0 aromatic heterocycles. The van der Waals surface area contributed by atoms with Gasteiger partial charge in [0.05, 0.1) is 20.3 Å². The van der Waals surface area contributed by atoms with E-state index >= 15 is 0 Å².